The van der Waals surface area contributed by atoms with E-state index in [-0.39, 0.29) is 10.9 Å². The first kappa shape index (κ1) is 18.0. The molecule has 0 aliphatic heterocycles. The van der Waals surface area contributed by atoms with Gasteiger partial charge in [0.15, 0.2) is 16.6 Å². The monoisotopic (exact) mass is 357 g/mol. The highest BCUT2D eigenvalue weighted by molar-refractivity contribution is 7.88. The van der Waals surface area contributed by atoms with Gasteiger partial charge < -0.3 is 14.7 Å². The highest BCUT2D eigenvalue weighted by atomic mass is 32.2. The average Bonchev–Trinajstić information content (AvgIpc) is 2.38. The largest absolute Gasteiger partial charge is 0.534 e. The molecule has 0 fully saturated rings. The summed E-state index contributed by atoms with van der Waals surface area (Å²) in [5, 5.41) is 3.54. The van der Waals surface area contributed by atoms with Crippen LogP contribution < -0.4 is 20.1 Å². The summed E-state index contributed by atoms with van der Waals surface area (Å²) in [6.07, 6.45) is 1.24. The Morgan fingerprint density at radius 2 is 2.05 bits per heavy atom. The maximum absolute atomic E-state index is 12.3. The van der Waals surface area contributed by atoms with Crippen LogP contribution in [0, 0.1) is 0 Å². The smallest absolute Gasteiger partial charge is 0.493 e. The van der Waals surface area contributed by atoms with Gasteiger partial charge in [0, 0.05) is 0 Å². The van der Waals surface area contributed by atoms with E-state index >= 15 is 0 Å². The molecule has 7 nitrogen and oxygen atoms in total. The van der Waals surface area contributed by atoms with Gasteiger partial charge >= 0.3 is 15.6 Å². The van der Waals surface area contributed by atoms with Crippen LogP contribution in [-0.4, -0.2) is 32.4 Å². The van der Waals surface area contributed by atoms with Crippen molar-refractivity contribution in [3.05, 3.63) is 23.8 Å². The first-order valence-corrected chi connectivity index (χ1v) is 7.16. The van der Waals surface area contributed by atoms with E-state index in [1.54, 1.807) is 0 Å². The van der Waals surface area contributed by atoms with Crippen molar-refractivity contribution in [3.63, 3.8) is 0 Å². The van der Waals surface area contributed by atoms with Gasteiger partial charge in [0.25, 0.3) is 0 Å². The number of rotatable bonds is 5. The minimum Gasteiger partial charge on any atom is -0.493 e. The third kappa shape index (κ3) is 4.73. The molecule has 0 amide bonds. The number of alkyl halides is 3. The van der Waals surface area contributed by atoms with Crippen LogP contribution in [0.15, 0.2) is 23.3 Å². The van der Waals surface area contributed by atoms with Gasteiger partial charge in [0.05, 0.1) is 13.3 Å². The number of halogens is 3. The molecule has 22 heavy (non-hydrogen) atoms. The predicted molar refractivity (Wildman–Crippen MR) is 76.1 cm³/mol. The van der Waals surface area contributed by atoms with Crippen molar-refractivity contribution in [2.45, 2.75) is 5.51 Å². The molecule has 0 aromatic heterocycles. The summed E-state index contributed by atoms with van der Waals surface area (Å²) in [6.45, 7) is 0. The second-order valence-corrected chi connectivity index (χ2v) is 5.61. The second kappa shape index (κ2) is 6.79. The van der Waals surface area contributed by atoms with E-state index in [1.807, 2.05) is 0 Å². The molecule has 1 aromatic rings. The minimum absolute atomic E-state index is 0.0839. The average molecular weight is 357 g/mol. The third-order valence-corrected chi connectivity index (χ3v) is 3.12. The first-order chi connectivity index (χ1) is 10.1. The molecule has 0 aliphatic carbocycles. The molecule has 0 unspecified atom stereocenters. The number of thiocarbonyl (C=S) groups is 1. The molecule has 12 heteroatoms. The normalized spacial score (nSPS) is 12.2. The highest BCUT2D eigenvalue weighted by Crippen LogP contribution is 2.33. The summed E-state index contributed by atoms with van der Waals surface area (Å²) in [5.74, 6) is -0.841. The van der Waals surface area contributed by atoms with E-state index < -0.39 is 21.4 Å². The Labute approximate surface area is 129 Å². The van der Waals surface area contributed by atoms with Crippen molar-refractivity contribution in [2.75, 3.05) is 7.11 Å². The summed E-state index contributed by atoms with van der Waals surface area (Å²) in [4.78, 5) is 0. The first-order valence-electron chi connectivity index (χ1n) is 5.34. The van der Waals surface area contributed by atoms with E-state index in [0.29, 0.717) is 5.56 Å². The minimum atomic E-state index is -5.78. The number of nitrogens with two attached hydrogens (primary N) is 1. The van der Waals surface area contributed by atoms with Crippen LogP contribution >= 0.6 is 12.2 Å². The lowest BCUT2D eigenvalue weighted by atomic mass is 10.2. The van der Waals surface area contributed by atoms with E-state index in [0.717, 1.165) is 13.2 Å². The third-order valence-electron chi connectivity index (χ3n) is 2.06. The van der Waals surface area contributed by atoms with Gasteiger partial charge in [-0.15, -0.1) is 0 Å². The van der Waals surface area contributed by atoms with Crippen LogP contribution in [0.2, 0.25) is 0 Å². The second-order valence-electron chi connectivity index (χ2n) is 3.63. The molecule has 1 rings (SSSR count). The summed E-state index contributed by atoms with van der Waals surface area (Å²) >= 11 is 4.51. The van der Waals surface area contributed by atoms with Crippen LogP contribution in [0.3, 0.4) is 0 Å². The zero-order chi connectivity index (χ0) is 17.0. The standard InChI is InChI=1S/C10H10F3N3O4S2/c1-19-8-4-6(5-15-16-9(14)21)2-3-7(8)20-22(17,18)10(11,12)13/h2-5H,1H3,(H3,14,16,21)/b15-5+. The van der Waals surface area contributed by atoms with E-state index in [9.17, 15) is 21.6 Å². The molecular weight excluding hydrogens is 347 g/mol. The molecule has 0 atom stereocenters. The molecule has 1 aromatic carbocycles. The lowest BCUT2D eigenvalue weighted by Gasteiger charge is -2.12. The summed E-state index contributed by atoms with van der Waals surface area (Å²) < 4.78 is 67.5. The zero-order valence-corrected chi connectivity index (χ0v) is 12.6. The molecule has 0 saturated carbocycles. The van der Waals surface area contributed by atoms with Crippen LogP contribution in [0.25, 0.3) is 0 Å². The Hall–Kier alpha value is -2.08. The number of hydrogen-bond donors (Lipinski definition) is 2. The summed E-state index contributed by atoms with van der Waals surface area (Å²) in [7, 11) is -4.65. The lowest BCUT2D eigenvalue weighted by molar-refractivity contribution is -0.0500. The molecule has 0 aliphatic rings. The molecule has 0 spiro atoms. The van der Waals surface area contributed by atoms with Gasteiger partial charge in [-0.05, 0) is 36.0 Å². The summed E-state index contributed by atoms with van der Waals surface area (Å²) in [5.41, 5.74) is 2.23. The Morgan fingerprint density at radius 3 is 2.55 bits per heavy atom. The Balaban J connectivity index is 3.05. The maximum Gasteiger partial charge on any atom is 0.534 e. The maximum atomic E-state index is 12.3. The number of nitrogens with one attached hydrogen (secondary N) is 1. The van der Waals surface area contributed by atoms with Crippen molar-refractivity contribution in [1.82, 2.24) is 5.43 Å². The fourth-order valence-corrected chi connectivity index (χ4v) is 1.69. The number of hydrogen-bond acceptors (Lipinski definition) is 6. The summed E-state index contributed by atoms with van der Waals surface area (Å²) in [6, 6.07) is 3.46. The number of methoxy groups -OCH3 is 1. The Morgan fingerprint density at radius 1 is 1.41 bits per heavy atom. The van der Waals surface area contributed by atoms with Crippen LogP contribution in [0.1, 0.15) is 5.56 Å². The van der Waals surface area contributed by atoms with E-state index in [1.165, 1.54) is 18.3 Å². The molecule has 3 N–H and O–H groups in total. The van der Waals surface area contributed by atoms with E-state index in [2.05, 4.69) is 26.9 Å². The van der Waals surface area contributed by atoms with Crippen LogP contribution in [-0.2, 0) is 10.1 Å². The molecule has 0 heterocycles. The van der Waals surface area contributed by atoms with Crippen LogP contribution in [0.5, 0.6) is 11.5 Å². The number of ether oxygens (including phenoxy) is 1. The molecule has 0 bridgehead atoms. The van der Waals surface area contributed by atoms with Gasteiger partial charge in [0.2, 0.25) is 0 Å². The predicted octanol–water partition coefficient (Wildman–Crippen LogP) is 1.09. The molecule has 122 valence electrons. The molecule has 0 saturated heterocycles. The van der Waals surface area contributed by atoms with E-state index in [4.69, 9.17) is 10.5 Å². The van der Waals surface area contributed by atoms with Gasteiger partial charge in [-0.2, -0.15) is 26.7 Å². The van der Waals surface area contributed by atoms with Gasteiger partial charge in [-0.25, -0.2) is 0 Å². The van der Waals surface area contributed by atoms with Crippen molar-refractivity contribution in [3.8, 4) is 11.5 Å². The molecule has 0 radical (unpaired) electrons. The van der Waals surface area contributed by atoms with Gasteiger partial charge in [-0.1, -0.05) is 0 Å². The fourth-order valence-electron chi connectivity index (χ4n) is 1.17. The SMILES string of the molecule is COc1cc(/C=N/NC(N)=S)ccc1OS(=O)(=O)C(F)(F)F. The quantitative estimate of drug-likeness (QED) is 0.267. The lowest BCUT2D eigenvalue weighted by Crippen LogP contribution is -2.28. The fraction of sp³-hybridized carbons (Fsp3) is 0.200. The zero-order valence-electron chi connectivity index (χ0n) is 10.9. The van der Waals surface area contributed by atoms with Gasteiger partial charge in [0.1, 0.15) is 0 Å². The van der Waals surface area contributed by atoms with Crippen molar-refractivity contribution >= 4 is 33.7 Å². The number of benzene rings is 1. The number of hydrazone groups is 1. The molecular formula is C10H10F3N3O4S2. The number of nitrogens with zero attached hydrogens (tertiary/aromatic N) is 1. The topological polar surface area (TPSA) is 103 Å². The van der Waals surface area contributed by atoms with Gasteiger partial charge in [-0.3, -0.25) is 5.43 Å². The van der Waals surface area contributed by atoms with Crippen molar-refractivity contribution in [2.24, 2.45) is 10.8 Å². The van der Waals surface area contributed by atoms with Crippen molar-refractivity contribution in [1.29, 1.82) is 0 Å². The van der Waals surface area contributed by atoms with Crippen molar-refractivity contribution < 1.29 is 30.5 Å². The highest BCUT2D eigenvalue weighted by Gasteiger charge is 2.48. The van der Waals surface area contributed by atoms with Crippen LogP contribution in [0.4, 0.5) is 13.2 Å². The Bertz CT molecular complexity index is 689. The Kier molecular flexibility index (Phi) is 5.54.